The highest BCUT2D eigenvalue weighted by molar-refractivity contribution is 8.24. The van der Waals surface area contributed by atoms with E-state index < -0.39 is 11.2 Å². The van der Waals surface area contributed by atoms with E-state index in [1.165, 1.54) is 6.92 Å². The minimum atomic E-state index is -0.697. The number of thiocarbonyl (C=S) groups is 1. The molecule has 0 aliphatic heterocycles. The molecule has 13 heavy (non-hydrogen) atoms. The largest absolute Gasteiger partial charge is 0.465 e. The predicted octanol–water partition coefficient (Wildman–Crippen LogP) is 0.935. The third-order valence-electron chi connectivity index (χ3n) is 1.13. The van der Waals surface area contributed by atoms with Gasteiger partial charge in [-0.2, -0.15) is 0 Å². The van der Waals surface area contributed by atoms with E-state index in [1.807, 2.05) is 0 Å². The zero-order chi connectivity index (χ0) is 10.4. The average molecular weight is 220 g/mol. The highest BCUT2D eigenvalue weighted by Crippen LogP contribution is 2.13. The Kier molecular flexibility index (Phi) is 5.65. The molecule has 0 heterocycles. The number of hydrogen-bond acceptors (Lipinski definition) is 5. The third-order valence-corrected chi connectivity index (χ3v) is 2.43. The summed E-state index contributed by atoms with van der Waals surface area (Å²) >= 11 is 5.60. The van der Waals surface area contributed by atoms with Gasteiger partial charge >= 0.3 is 5.97 Å². The van der Waals surface area contributed by atoms with Crippen molar-refractivity contribution in [3.63, 3.8) is 0 Å². The Bertz CT molecular complexity index is 231. The van der Waals surface area contributed by atoms with E-state index in [0.29, 0.717) is 6.61 Å². The van der Waals surface area contributed by atoms with Crippen LogP contribution in [-0.2, 0) is 9.53 Å². The molecule has 0 amide bonds. The predicted molar refractivity (Wildman–Crippen MR) is 58.2 cm³/mol. The van der Waals surface area contributed by atoms with Gasteiger partial charge in [-0.05, 0) is 13.8 Å². The number of hydrogen-bond donors (Lipinski definition) is 2. The fourth-order valence-corrected chi connectivity index (χ4v) is 1.51. The van der Waals surface area contributed by atoms with Crippen LogP contribution in [0.25, 0.3) is 0 Å². The van der Waals surface area contributed by atoms with Crippen molar-refractivity contribution in [2.45, 2.75) is 19.1 Å². The first-order valence-corrected chi connectivity index (χ1v) is 4.95. The highest BCUT2D eigenvalue weighted by Gasteiger charge is 2.23. The molecule has 0 spiro atoms. The summed E-state index contributed by atoms with van der Waals surface area (Å²) < 4.78 is 4.89. The first kappa shape index (κ1) is 12.4. The second kappa shape index (κ2) is 5.93. The van der Waals surface area contributed by atoms with Crippen LogP contribution in [0.15, 0.2) is 0 Å². The van der Waals surface area contributed by atoms with Gasteiger partial charge in [0.2, 0.25) is 0 Å². The van der Waals surface area contributed by atoms with E-state index in [4.69, 9.17) is 15.9 Å². The maximum absolute atomic E-state index is 11.2. The normalized spacial score (nSPS) is 11.8. The van der Waals surface area contributed by atoms with Gasteiger partial charge in [0.1, 0.15) is 9.57 Å². The Morgan fingerprint density at radius 1 is 1.77 bits per heavy atom. The minimum Gasteiger partial charge on any atom is -0.465 e. The summed E-state index contributed by atoms with van der Waals surface area (Å²) in [6, 6.07) is 0. The summed E-state index contributed by atoms with van der Waals surface area (Å²) in [5, 5.41) is 6.62. The van der Waals surface area contributed by atoms with Gasteiger partial charge in [-0.25, -0.2) is 0 Å². The lowest BCUT2D eigenvalue weighted by Gasteiger charge is -2.12. The van der Waals surface area contributed by atoms with E-state index in [-0.39, 0.29) is 10.0 Å². The fraction of sp³-hybridized carbons (Fsp3) is 0.571. The van der Waals surface area contributed by atoms with Gasteiger partial charge in [0.15, 0.2) is 0 Å². The van der Waals surface area contributed by atoms with Crippen LogP contribution in [0.4, 0.5) is 0 Å². The molecule has 0 bridgehead atoms. The van der Waals surface area contributed by atoms with Crippen LogP contribution in [0.1, 0.15) is 13.8 Å². The van der Waals surface area contributed by atoms with Crippen LogP contribution in [0.5, 0.6) is 0 Å². The lowest BCUT2D eigenvalue weighted by atomic mass is 10.3. The molecule has 3 N–H and O–H groups in total. The molecule has 1 unspecified atom stereocenters. The van der Waals surface area contributed by atoms with Crippen LogP contribution >= 0.6 is 24.0 Å². The van der Waals surface area contributed by atoms with Gasteiger partial charge in [0.05, 0.1) is 6.61 Å². The Morgan fingerprint density at radius 3 is 2.62 bits per heavy atom. The van der Waals surface area contributed by atoms with Crippen molar-refractivity contribution >= 4 is 40.0 Å². The number of thioether (sulfide) groups is 1. The molecule has 4 nitrogen and oxygen atoms in total. The number of esters is 1. The lowest BCUT2D eigenvalue weighted by molar-refractivity contribution is -0.141. The number of ether oxygens (including phenoxy) is 1. The van der Waals surface area contributed by atoms with Gasteiger partial charge in [-0.3, -0.25) is 4.79 Å². The molecule has 0 fully saturated rings. The van der Waals surface area contributed by atoms with Crippen LogP contribution in [0, 0.1) is 5.41 Å². The third kappa shape index (κ3) is 4.84. The molecule has 0 rings (SSSR count). The summed E-state index contributed by atoms with van der Waals surface area (Å²) in [5.74, 6) is -0.465. The summed E-state index contributed by atoms with van der Waals surface area (Å²) in [4.78, 5) is 11.2. The molecule has 0 saturated carbocycles. The Morgan fingerprint density at radius 2 is 2.31 bits per heavy atom. The molecule has 6 heteroatoms. The number of carbonyl (C=O) groups is 1. The standard InChI is InChI=1S/C7H12N2O2S2/c1-3-11-6(10)5(4(2)8)13-7(9)12/h5,8H,3H2,1-2H3,(H2,9,12). The van der Waals surface area contributed by atoms with Gasteiger partial charge in [-0.1, -0.05) is 24.0 Å². The number of rotatable bonds is 4. The van der Waals surface area contributed by atoms with Crippen LogP contribution in [0.3, 0.4) is 0 Å². The van der Waals surface area contributed by atoms with Crippen molar-refractivity contribution in [1.29, 1.82) is 5.41 Å². The molecular weight excluding hydrogens is 208 g/mol. The summed E-state index contributed by atoms with van der Waals surface area (Å²) in [6.07, 6.45) is 0. The summed E-state index contributed by atoms with van der Waals surface area (Å²) in [6.45, 7) is 3.52. The smallest absolute Gasteiger partial charge is 0.325 e. The molecule has 74 valence electrons. The average Bonchev–Trinajstić information content (AvgIpc) is 1.99. The molecule has 0 aromatic rings. The van der Waals surface area contributed by atoms with Gasteiger partial charge < -0.3 is 15.9 Å². The fourth-order valence-electron chi connectivity index (χ4n) is 0.647. The maximum atomic E-state index is 11.2. The Balaban J connectivity index is 4.32. The van der Waals surface area contributed by atoms with Crippen LogP contribution < -0.4 is 5.73 Å². The molecular formula is C7H12N2O2S2. The first-order valence-electron chi connectivity index (χ1n) is 3.66. The van der Waals surface area contributed by atoms with E-state index >= 15 is 0 Å². The lowest BCUT2D eigenvalue weighted by Crippen LogP contribution is -2.29. The van der Waals surface area contributed by atoms with Gasteiger partial charge in [-0.15, -0.1) is 0 Å². The van der Waals surface area contributed by atoms with E-state index in [9.17, 15) is 4.79 Å². The van der Waals surface area contributed by atoms with Crippen molar-refractivity contribution in [3.05, 3.63) is 0 Å². The second-order valence-electron chi connectivity index (χ2n) is 2.25. The van der Waals surface area contributed by atoms with Crippen molar-refractivity contribution < 1.29 is 9.53 Å². The number of nitrogens with one attached hydrogen (secondary N) is 1. The van der Waals surface area contributed by atoms with E-state index in [0.717, 1.165) is 11.8 Å². The Labute approximate surface area is 86.7 Å². The molecule has 1 atom stereocenters. The monoisotopic (exact) mass is 220 g/mol. The van der Waals surface area contributed by atoms with Crippen molar-refractivity contribution in [1.82, 2.24) is 0 Å². The maximum Gasteiger partial charge on any atom is 0.325 e. The second-order valence-corrected chi connectivity index (χ2v) is 4.10. The van der Waals surface area contributed by atoms with Gasteiger partial charge in [0.25, 0.3) is 0 Å². The SMILES string of the molecule is CCOC(=O)C(SC(N)=S)C(C)=N. The molecule has 0 aromatic heterocycles. The number of carbonyl (C=O) groups excluding carboxylic acids is 1. The topological polar surface area (TPSA) is 76.2 Å². The number of nitrogens with two attached hydrogens (primary N) is 1. The quantitative estimate of drug-likeness (QED) is 0.419. The van der Waals surface area contributed by atoms with Gasteiger partial charge in [0, 0.05) is 5.71 Å². The Hall–Kier alpha value is -0.620. The van der Waals surface area contributed by atoms with Crippen molar-refractivity contribution in [2.24, 2.45) is 5.73 Å². The van der Waals surface area contributed by atoms with Crippen molar-refractivity contribution in [2.75, 3.05) is 6.61 Å². The van der Waals surface area contributed by atoms with Crippen LogP contribution in [0.2, 0.25) is 0 Å². The zero-order valence-corrected chi connectivity index (χ0v) is 9.13. The molecule has 0 radical (unpaired) electrons. The van der Waals surface area contributed by atoms with E-state index in [2.05, 4.69) is 12.2 Å². The van der Waals surface area contributed by atoms with Crippen LogP contribution in [-0.4, -0.2) is 27.9 Å². The molecule has 0 aliphatic rings. The minimum absolute atomic E-state index is 0.143. The molecule has 0 saturated heterocycles. The van der Waals surface area contributed by atoms with E-state index in [1.54, 1.807) is 6.92 Å². The molecule has 0 aliphatic carbocycles. The highest BCUT2D eigenvalue weighted by atomic mass is 32.2. The molecule has 0 aromatic carbocycles. The van der Waals surface area contributed by atoms with Crippen molar-refractivity contribution in [3.8, 4) is 0 Å². The first-order chi connectivity index (χ1) is 5.99. The summed E-state index contributed by atoms with van der Waals surface area (Å²) in [5.41, 5.74) is 5.45. The zero-order valence-electron chi connectivity index (χ0n) is 7.49. The summed E-state index contributed by atoms with van der Waals surface area (Å²) in [7, 11) is 0.